The lowest BCUT2D eigenvalue weighted by Gasteiger charge is -2.09. The van der Waals surface area contributed by atoms with E-state index >= 15 is 0 Å². The minimum absolute atomic E-state index is 0.187. The van der Waals surface area contributed by atoms with Gasteiger partial charge in [-0.1, -0.05) is 30.0 Å². The van der Waals surface area contributed by atoms with Crippen molar-refractivity contribution >= 4 is 23.4 Å². The third-order valence-corrected chi connectivity index (χ3v) is 4.34. The monoisotopic (exact) mass is 423 g/mol. The molecule has 3 aromatic rings. The lowest BCUT2D eigenvalue weighted by Crippen LogP contribution is -2.16. The Kier molecular flexibility index (Phi) is 6.49. The van der Waals surface area contributed by atoms with Crippen LogP contribution in [0.5, 0.6) is 0 Å². The number of hydrogen-bond acceptors (Lipinski definition) is 6. The number of amides is 1. The maximum absolute atomic E-state index is 12.4. The number of carbonyl (C=O) groups excluding carboxylic acids is 1. The molecule has 29 heavy (non-hydrogen) atoms. The fourth-order valence-corrected chi connectivity index (χ4v) is 2.86. The Morgan fingerprint density at radius 1 is 1.21 bits per heavy atom. The molecule has 0 bridgehead atoms. The molecule has 1 heterocycles. The van der Waals surface area contributed by atoms with E-state index in [1.807, 2.05) is 12.3 Å². The average molecular weight is 423 g/mol. The highest BCUT2D eigenvalue weighted by Gasteiger charge is 2.27. The topological polar surface area (TPSA) is 81.9 Å². The molecule has 1 aromatic heterocycles. The summed E-state index contributed by atoms with van der Waals surface area (Å²) in [7, 11) is 0. The number of alkyl halides is 3. The Bertz CT molecular complexity index is 976. The quantitative estimate of drug-likeness (QED) is 0.584. The second-order valence-corrected chi connectivity index (χ2v) is 6.66. The van der Waals surface area contributed by atoms with Crippen LogP contribution in [0.3, 0.4) is 0 Å². The van der Waals surface area contributed by atoms with Crippen molar-refractivity contribution < 1.29 is 22.7 Å². The van der Waals surface area contributed by atoms with Crippen LogP contribution < -0.4 is 5.32 Å². The van der Waals surface area contributed by atoms with E-state index in [1.54, 1.807) is 35.0 Å². The largest absolute Gasteiger partial charge is 0.411 e. The number of tetrazole rings is 1. The van der Waals surface area contributed by atoms with Crippen molar-refractivity contribution in [2.24, 2.45) is 0 Å². The standard InChI is InChI=1S/C18H16F3N5O2S/c1-29-17-23-24-25-26(17)15-4-2-3-14(9-15)22-16(27)13-7-5-12(6-8-13)10-28-11-18(19,20)21/h2-9H,10-11H2,1H3,(H,22,27). The fourth-order valence-electron chi connectivity index (χ4n) is 2.42. The second-order valence-electron chi connectivity index (χ2n) is 5.89. The van der Waals surface area contributed by atoms with Gasteiger partial charge < -0.3 is 10.1 Å². The van der Waals surface area contributed by atoms with Crippen molar-refractivity contribution in [3.05, 3.63) is 59.7 Å². The Labute approximate surface area is 168 Å². The predicted octanol–water partition coefficient (Wildman–Crippen LogP) is 3.72. The average Bonchev–Trinajstić information content (AvgIpc) is 3.16. The zero-order valence-corrected chi connectivity index (χ0v) is 16.0. The summed E-state index contributed by atoms with van der Waals surface area (Å²) in [6.45, 7) is -1.50. The number of benzene rings is 2. The molecule has 0 saturated heterocycles. The number of nitrogens with one attached hydrogen (secondary N) is 1. The van der Waals surface area contributed by atoms with Crippen LogP contribution in [-0.2, 0) is 11.3 Å². The highest BCUT2D eigenvalue weighted by atomic mass is 32.2. The molecule has 2 aromatic carbocycles. The SMILES string of the molecule is CSc1nnnn1-c1cccc(NC(=O)c2ccc(COCC(F)(F)F)cc2)c1. The van der Waals surface area contributed by atoms with Crippen LogP contribution in [0.15, 0.2) is 53.7 Å². The Balaban J connectivity index is 1.64. The van der Waals surface area contributed by atoms with Gasteiger partial charge in [-0.25, -0.2) is 0 Å². The molecule has 1 N–H and O–H groups in total. The van der Waals surface area contributed by atoms with Gasteiger partial charge in [0.15, 0.2) is 0 Å². The molecule has 0 radical (unpaired) electrons. The molecule has 11 heteroatoms. The van der Waals surface area contributed by atoms with Crippen LogP contribution in [0.2, 0.25) is 0 Å². The van der Waals surface area contributed by atoms with Gasteiger partial charge in [0.2, 0.25) is 5.16 Å². The van der Waals surface area contributed by atoms with Crippen LogP contribution in [0.4, 0.5) is 18.9 Å². The molecule has 7 nitrogen and oxygen atoms in total. The van der Waals surface area contributed by atoms with Gasteiger partial charge in [-0.15, -0.1) is 5.10 Å². The summed E-state index contributed by atoms with van der Waals surface area (Å²) >= 11 is 1.39. The predicted molar refractivity (Wildman–Crippen MR) is 101 cm³/mol. The first kappa shape index (κ1) is 20.8. The van der Waals surface area contributed by atoms with E-state index in [1.165, 1.54) is 23.9 Å². The maximum atomic E-state index is 12.4. The van der Waals surface area contributed by atoms with Gasteiger partial charge in [-0.3, -0.25) is 4.79 Å². The number of rotatable bonds is 7. The third kappa shape index (κ3) is 5.78. The first-order chi connectivity index (χ1) is 13.9. The molecule has 152 valence electrons. The fraction of sp³-hybridized carbons (Fsp3) is 0.222. The molecule has 0 spiro atoms. The summed E-state index contributed by atoms with van der Waals surface area (Å²) in [6, 6.07) is 13.2. The number of halogens is 3. The van der Waals surface area contributed by atoms with Crippen LogP contribution >= 0.6 is 11.8 Å². The number of thioether (sulfide) groups is 1. The number of aromatic nitrogens is 4. The lowest BCUT2D eigenvalue weighted by molar-refractivity contribution is -0.176. The number of ether oxygens (including phenoxy) is 1. The molecule has 0 fully saturated rings. The van der Waals surface area contributed by atoms with Gasteiger partial charge in [0.05, 0.1) is 12.3 Å². The highest BCUT2D eigenvalue weighted by Crippen LogP contribution is 2.20. The third-order valence-electron chi connectivity index (χ3n) is 3.72. The van der Waals surface area contributed by atoms with E-state index in [4.69, 9.17) is 0 Å². The summed E-state index contributed by atoms with van der Waals surface area (Å²) in [5.41, 5.74) is 2.14. The number of hydrogen-bond donors (Lipinski definition) is 1. The maximum Gasteiger partial charge on any atom is 0.411 e. The van der Waals surface area contributed by atoms with Crippen molar-refractivity contribution in [1.82, 2.24) is 20.2 Å². The molecule has 3 rings (SSSR count). The van der Waals surface area contributed by atoms with Crippen molar-refractivity contribution in [3.8, 4) is 5.69 Å². The normalized spacial score (nSPS) is 11.4. The zero-order chi connectivity index (χ0) is 20.9. The summed E-state index contributed by atoms with van der Waals surface area (Å²) in [4.78, 5) is 12.4. The van der Waals surface area contributed by atoms with Gasteiger partial charge in [0, 0.05) is 11.3 Å². The Morgan fingerprint density at radius 3 is 2.66 bits per heavy atom. The van der Waals surface area contributed by atoms with E-state index in [0.29, 0.717) is 27.7 Å². The molecular weight excluding hydrogens is 407 g/mol. The number of anilines is 1. The van der Waals surface area contributed by atoms with Crippen molar-refractivity contribution in [1.29, 1.82) is 0 Å². The summed E-state index contributed by atoms with van der Waals surface area (Å²) in [5, 5.41) is 14.8. The van der Waals surface area contributed by atoms with E-state index in [2.05, 4.69) is 25.6 Å². The molecule has 0 unspecified atom stereocenters. The molecule has 1 amide bonds. The molecule has 0 aliphatic rings. The van der Waals surface area contributed by atoms with Gasteiger partial charge in [0.25, 0.3) is 5.91 Å². The zero-order valence-electron chi connectivity index (χ0n) is 15.2. The molecule has 0 saturated carbocycles. The number of nitrogens with zero attached hydrogens (tertiary/aromatic N) is 4. The minimum Gasteiger partial charge on any atom is -0.367 e. The second kappa shape index (κ2) is 9.05. The van der Waals surface area contributed by atoms with Gasteiger partial charge in [-0.2, -0.15) is 17.9 Å². The summed E-state index contributed by atoms with van der Waals surface area (Å²) in [5.74, 6) is -0.355. The van der Waals surface area contributed by atoms with Crippen LogP contribution in [0, 0.1) is 0 Å². The minimum atomic E-state index is -4.37. The van der Waals surface area contributed by atoms with Crippen molar-refractivity contribution in [2.45, 2.75) is 17.9 Å². The van der Waals surface area contributed by atoms with Crippen molar-refractivity contribution in [3.63, 3.8) is 0 Å². The van der Waals surface area contributed by atoms with Crippen LogP contribution in [-0.4, -0.2) is 45.2 Å². The van der Waals surface area contributed by atoms with E-state index < -0.39 is 12.8 Å². The number of carbonyl (C=O) groups is 1. The van der Waals surface area contributed by atoms with E-state index in [-0.39, 0.29) is 12.5 Å². The van der Waals surface area contributed by atoms with Crippen LogP contribution in [0.1, 0.15) is 15.9 Å². The first-order valence-electron chi connectivity index (χ1n) is 8.33. The molecule has 0 aliphatic carbocycles. The van der Waals surface area contributed by atoms with Crippen molar-refractivity contribution in [2.75, 3.05) is 18.2 Å². The van der Waals surface area contributed by atoms with Gasteiger partial charge in [-0.05, 0) is 52.6 Å². The van der Waals surface area contributed by atoms with E-state index in [0.717, 1.165) is 0 Å². The van der Waals surface area contributed by atoms with Gasteiger partial charge in [0.1, 0.15) is 6.61 Å². The summed E-state index contributed by atoms with van der Waals surface area (Å²) < 4.78 is 42.5. The molecular formula is C18H16F3N5O2S. The Hall–Kier alpha value is -2.92. The van der Waals surface area contributed by atoms with Gasteiger partial charge >= 0.3 is 6.18 Å². The lowest BCUT2D eigenvalue weighted by atomic mass is 10.1. The molecule has 0 aliphatic heterocycles. The Morgan fingerprint density at radius 2 is 1.97 bits per heavy atom. The smallest absolute Gasteiger partial charge is 0.367 e. The summed E-state index contributed by atoms with van der Waals surface area (Å²) in [6.07, 6.45) is -2.51. The highest BCUT2D eigenvalue weighted by molar-refractivity contribution is 7.98. The van der Waals surface area contributed by atoms with Crippen LogP contribution in [0.25, 0.3) is 5.69 Å². The molecule has 0 atom stereocenters. The van der Waals surface area contributed by atoms with E-state index in [9.17, 15) is 18.0 Å². The first-order valence-corrected chi connectivity index (χ1v) is 9.56.